The number of hydrogen-bond acceptors (Lipinski definition) is 4. The van der Waals surface area contributed by atoms with E-state index in [0.717, 1.165) is 17.0 Å². The largest absolute Gasteiger partial charge is 0.497 e. The van der Waals surface area contributed by atoms with E-state index in [1.165, 1.54) is 6.20 Å². The van der Waals surface area contributed by atoms with Gasteiger partial charge in [-0.15, -0.1) is 0 Å². The van der Waals surface area contributed by atoms with E-state index in [1.807, 2.05) is 60.7 Å². The van der Waals surface area contributed by atoms with Gasteiger partial charge < -0.3 is 15.0 Å². The lowest BCUT2D eigenvalue weighted by Gasteiger charge is -2.14. The van der Waals surface area contributed by atoms with E-state index in [1.54, 1.807) is 19.1 Å². The van der Waals surface area contributed by atoms with Gasteiger partial charge in [-0.05, 0) is 36.2 Å². The summed E-state index contributed by atoms with van der Waals surface area (Å²) in [5.41, 5.74) is 2.06. The second-order valence-electron chi connectivity index (χ2n) is 5.46. The van der Waals surface area contributed by atoms with E-state index in [9.17, 15) is 10.1 Å². The summed E-state index contributed by atoms with van der Waals surface area (Å²) in [4.78, 5) is 13.9. The average molecular weight is 335 g/mol. The van der Waals surface area contributed by atoms with Gasteiger partial charge in [-0.2, -0.15) is 5.26 Å². The molecule has 1 amide bonds. The number of rotatable bonds is 7. The number of nitrogens with zero attached hydrogens (tertiary/aromatic N) is 2. The highest BCUT2D eigenvalue weighted by atomic mass is 16.5. The topological polar surface area (TPSA) is 65.4 Å². The van der Waals surface area contributed by atoms with Crippen molar-refractivity contribution < 1.29 is 9.53 Å². The van der Waals surface area contributed by atoms with Crippen molar-refractivity contribution in [1.82, 2.24) is 5.32 Å². The van der Waals surface area contributed by atoms with Crippen LogP contribution in [0.25, 0.3) is 0 Å². The number of ether oxygens (including phenoxy) is 1. The highest BCUT2D eigenvalue weighted by molar-refractivity contribution is 5.97. The maximum absolute atomic E-state index is 12.2. The summed E-state index contributed by atoms with van der Waals surface area (Å²) in [6.07, 6.45) is 2.22. The number of benzene rings is 2. The molecule has 0 fully saturated rings. The first-order valence-electron chi connectivity index (χ1n) is 7.95. The van der Waals surface area contributed by atoms with Crippen LogP contribution in [0.15, 0.2) is 66.4 Å². The minimum atomic E-state index is -0.376. The van der Waals surface area contributed by atoms with Gasteiger partial charge in [0.25, 0.3) is 5.91 Å². The van der Waals surface area contributed by atoms with Gasteiger partial charge in [0.15, 0.2) is 0 Å². The van der Waals surface area contributed by atoms with Gasteiger partial charge in [-0.1, -0.05) is 30.3 Å². The molecule has 25 heavy (non-hydrogen) atoms. The molecule has 0 aliphatic heterocycles. The van der Waals surface area contributed by atoms with Crippen molar-refractivity contribution in [3.05, 3.63) is 71.9 Å². The number of amides is 1. The summed E-state index contributed by atoms with van der Waals surface area (Å²) in [7, 11) is 3.43. The van der Waals surface area contributed by atoms with Crippen molar-refractivity contribution in [3.63, 3.8) is 0 Å². The van der Waals surface area contributed by atoms with Crippen LogP contribution in [0.1, 0.15) is 5.56 Å². The smallest absolute Gasteiger partial charge is 0.263 e. The number of para-hydroxylation sites is 1. The highest BCUT2D eigenvalue weighted by Crippen LogP contribution is 2.13. The lowest BCUT2D eigenvalue weighted by atomic mass is 10.1. The fraction of sp³-hybridized carbons (Fsp3) is 0.200. The Hall–Kier alpha value is -3.26. The Bertz CT molecular complexity index is 762. The minimum absolute atomic E-state index is 0.0704. The van der Waals surface area contributed by atoms with E-state index >= 15 is 0 Å². The van der Waals surface area contributed by atoms with Crippen LogP contribution < -0.4 is 15.0 Å². The molecule has 0 bridgehead atoms. The van der Waals surface area contributed by atoms with E-state index in [-0.39, 0.29) is 11.5 Å². The molecule has 0 saturated heterocycles. The lowest BCUT2D eigenvalue weighted by Crippen LogP contribution is -2.28. The van der Waals surface area contributed by atoms with Crippen molar-refractivity contribution in [2.45, 2.75) is 6.42 Å². The van der Waals surface area contributed by atoms with Gasteiger partial charge in [0.2, 0.25) is 0 Å². The zero-order valence-electron chi connectivity index (χ0n) is 14.4. The van der Waals surface area contributed by atoms with E-state index < -0.39 is 0 Å². The molecular formula is C20H21N3O2. The van der Waals surface area contributed by atoms with Crippen molar-refractivity contribution in [1.29, 1.82) is 5.26 Å². The van der Waals surface area contributed by atoms with Crippen molar-refractivity contribution >= 4 is 11.6 Å². The lowest BCUT2D eigenvalue weighted by molar-refractivity contribution is -0.117. The van der Waals surface area contributed by atoms with Crippen LogP contribution in [0.5, 0.6) is 5.75 Å². The Kier molecular flexibility index (Phi) is 6.61. The van der Waals surface area contributed by atoms with E-state index in [4.69, 9.17) is 4.74 Å². The first-order chi connectivity index (χ1) is 12.1. The fourth-order valence-electron chi connectivity index (χ4n) is 2.28. The van der Waals surface area contributed by atoms with E-state index in [2.05, 4.69) is 5.32 Å². The number of carbonyl (C=O) groups excluding carboxylic acids is 1. The van der Waals surface area contributed by atoms with Gasteiger partial charge in [0.05, 0.1) is 7.11 Å². The first kappa shape index (κ1) is 18.1. The Labute approximate surface area is 148 Å². The number of carbonyl (C=O) groups is 1. The summed E-state index contributed by atoms with van der Waals surface area (Å²) >= 11 is 0. The quantitative estimate of drug-likeness (QED) is 0.624. The predicted octanol–water partition coefficient (Wildman–Crippen LogP) is 2.90. The molecule has 2 aromatic carbocycles. The summed E-state index contributed by atoms with van der Waals surface area (Å²) in [5, 5.41) is 12.0. The molecule has 0 aliphatic carbocycles. The molecule has 5 heteroatoms. The number of methoxy groups -OCH3 is 1. The zero-order valence-corrected chi connectivity index (χ0v) is 14.4. The van der Waals surface area contributed by atoms with Crippen molar-refractivity contribution in [3.8, 4) is 11.8 Å². The third kappa shape index (κ3) is 5.40. The maximum Gasteiger partial charge on any atom is 0.263 e. The Morgan fingerprint density at radius 1 is 1.20 bits per heavy atom. The molecular weight excluding hydrogens is 314 g/mol. The van der Waals surface area contributed by atoms with Crippen LogP contribution in [-0.2, 0) is 11.2 Å². The van der Waals surface area contributed by atoms with Crippen LogP contribution in [0.2, 0.25) is 0 Å². The molecule has 0 aromatic heterocycles. The Morgan fingerprint density at radius 2 is 1.88 bits per heavy atom. The predicted molar refractivity (Wildman–Crippen MR) is 98.2 cm³/mol. The third-order valence-corrected chi connectivity index (χ3v) is 3.71. The third-order valence-electron chi connectivity index (χ3n) is 3.71. The normalized spacial score (nSPS) is 10.7. The molecule has 1 N–H and O–H groups in total. The first-order valence-corrected chi connectivity index (χ1v) is 7.95. The van der Waals surface area contributed by atoms with Gasteiger partial charge >= 0.3 is 0 Å². The molecule has 0 spiro atoms. The molecule has 2 rings (SSSR count). The van der Waals surface area contributed by atoms with Crippen molar-refractivity contribution in [2.24, 2.45) is 0 Å². The second-order valence-corrected chi connectivity index (χ2v) is 5.46. The molecule has 2 aromatic rings. The molecule has 0 saturated carbocycles. The number of nitrogens with one attached hydrogen (secondary N) is 1. The van der Waals surface area contributed by atoms with Gasteiger partial charge in [-0.3, -0.25) is 4.79 Å². The fourth-order valence-corrected chi connectivity index (χ4v) is 2.28. The van der Waals surface area contributed by atoms with Crippen LogP contribution in [0.3, 0.4) is 0 Å². The molecule has 5 nitrogen and oxygen atoms in total. The Balaban J connectivity index is 1.91. The van der Waals surface area contributed by atoms with Gasteiger partial charge in [0, 0.05) is 25.5 Å². The zero-order chi connectivity index (χ0) is 18.1. The van der Waals surface area contributed by atoms with Crippen LogP contribution in [0, 0.1) is 11.3 Å². The maximum atomic E-state index is 12.2. The summed E-state index contributed by atoms with van der Waals surface area (Å²) in [6, 6.07) is 19.2. The molecule has 0 radical (unpaired) electrons. The highest BCUT2D eigenvalue weighted by Gasteiger charge is 2.10. The Morgan fingerprint density at radius 3 is 2.48 bits per heavy atom. The molecule has 0 atom stereocenters. The van der Waals surface area contributed by atoms with Crippen molar-refractivity contribution in [2.75, 3.05) is 25.6 Å². The average Bonchev–Trinajstić information content (AvgIpc) is 2.67. The minimum Gasteiger partial charge on any atom is -0.497 e. The van der Waals surface area contributed by atoms with Gasteiger partial charge in [-0.25, -0.2) is 0 Å². The molecule has 0 heterocycles. The van der Waals surface area contributed by atoms with Gasteiger partial charge in [0.1, 0.15) is 17.4 Å². The molecule has 0 aliphatic rings. The van der Waals surface area contributed by atoms with E-state index in [0.29, 0.717) is 13.0 Å². The monoisotopic (exact) mass is 335 g/mol. The van der Waals surface area contributed by atoms with Crippen LogP contribution >= 0.6 is 0 Å². The summed E-state index contributed by atoms with van der Waals surface area (Å²) in [5.74, 6) is 0.422. The number of nitriles is 1. The number of anilines is 1. The number of hydrogen-bond donors (Lipinski definition) is 1. The SMILES string of the molecule is COc1ccc(CCNC(=O)/C(C#N)=C\N(C)c2ccccc2)cc1. The summed E-state index contributed by atoms with van der Waals surface area (Å²) < 4.78 is 5.11. The summed E-state index contributed by atoms with van der Waals surface area (Å²) in [6.45, 7) is 0.458. The second kappa shape index (κ2) is 9.14. The van der Waals surface area contributed by atoms with Crippen LogP contribution in [0.4, 0.5) is 5.69 Å². The standard InChI is InChI=1S/C20H21N3O2/c1-23(18-6-4-3-5-7-18)15-17(14-21)20(24)22-13-12-16-8-10-19(25-2)11-9-16/h3-11,15H,12-13H2,1-2H3,(H,22,24)/b17-15-. The molecule has 128 valence electrons. The molecule has 0 unspecified atom stereocenters. The van der Waals surface area contributed by atoms with Crippen LogP contribution in [-0.4, -0.2) is 26.6 Å².